The number of anilines is 1. The number of likely N-dealkylation sites (tertiary alicyclic amines) is 1. The van der Waals surface area contributed by atoms with Crippen molar-refractivity contribution in [2.24, 2.45) is 10.9 Å². The summed E-state index contributed by atoms with van der Waals surface area (Å²) in [6.07, 6.45) is 1.69. The van der Waals surface area contributed by atoms with Crippen LogP contribution in [0.5, 0.6) is 0 Å². The maximum absolute atomic E-state index is 11.8. The number of aliphatic imine (C=N–C) groups is 1. The number of hydrogen-bond donors (Lipinski definition) is 3. The monoisotopic (exact) mass is 531 g/mol. The van der Waals surface area contributed by atoms with E-state index in [1.165, 1.54) is 25.1 Å². The molecule has 1 fully saturated rings. The maximum Gasteiger partial charge on any atom is 0.412 e. The molecule has 1 aromatic rings. The van der Waals surface area contributed by atoms with E-state index in [0.29, 0.717) is 5.92 Å². The zero-order valence-electron chi connectivity index (χ0n) is 19.0. The first kappa shape index (κ1) is 26.5. The lowest BCUT2D eigenvalue weighted by Crippen LogP contribution is -2.41. The molecule has 170 valence electrons. The summed E-state index contributed by atoms with van der Waals surface area (Å²) in [5.41, 5.74) is 1.42. The Labute approximate surface area is 198 Å². The molecule has 1 saturated heterocycles. The number of amides is 1. The van der Waals surface area contributed by atoms with Crippen molar-refractivity contribution in [3.05, 3.63) is 29.8 Å². The van der Waals surface area contributed by atoms with E-state index in [1.807, 2.05) is 45.0 Å². The fourth-order valence-corrected chi connectivity index (χ4v) is 3.33. The van der Waals surface area contributed by atoms with Gasteiger partial charge in [-0.1, -0.05) is 19.1 Å². The number of guanidine groups is 1. The molecule has 0 aliphatic carbocycles. The van der Waals surface area contributed by atoms with Gasteiger partial charge in [-0.15, -0.1) is 24.0 Å². The van der Waals surface area contributed by atoms with E-state index in [1.54, 1.807) is 7.05 Å². The van der Waals surface area contributed by atoms with Gasteiger partial charge in [-0.05, 0) is 70.3 Å². The van der Waals surface area contributed by atoms with Crippen molar-refractivity contribution in [1.82, 2.24) is 15.5 Å². The highest BCUT2D eigenvalue weighted by Gasteiger charge is 2.21. The van der Waals surface area contributed by atoms with Crippen molar-refractivity contribution in [2.45, 2.75) is 46.1 Å². The van der Waals surface area contributed by atoms with Crippen molar-refractivity contribution in [1.29, 1.82) is 0 Å². The second kappa shape index (κ2) is 13.0. The summed E-state index contributed by atoms with van der Waals surface area (Å²) in [5.74, 6) is 1.54. The van der Waals surface area contributed by atoms with Crippen LogP contribution in [0.25, 0.3) is 0 Å². The minimum Gasteiger partial charge on any atom is -0.444 e. The molecule has 8 heteroatoms. The lowest BCUT2D eigenvalue weighted by atomic mass is 10.1. The second-order valence-electron chi connectivity index (χ2n) is 8.50. The SMILES string of the molecule is CCN1CCC(CNC(=NC)NCCc2ccc(NC(=O)OC(C)(C)C)cc2)C1.I. The maximum atomic E-state index is 11.8. The van der Waals surface area contributed by atoms with Crippen LogP contribution in [0, 0.1) is 5.92 Å². The summed E-state index contributed by atoms with van der Waals surface area (Å²) >= 11 is 0. The third-order valence-corrected chi connectivity index (χ3v) is 4.90. The Morgan fingerprint density at radius 3 is 2.50 bits per heavy atom. The Bertz CT molecular complexity index is 673. The summed E-state index contributed by atoms with van der Waals surface area (Å²) < 4.78 is 5.26. The number of nitrogens with one attached hydrogen (secondary N) is 3. The lowest BCUT2D eigenvalue weighted by molar-refractivity contribution is 0.0636. The number of rotatable bonds is 7. The van der Waals surface area contributed by atoms with Crippen LogP contribution < -0.4 is 16.0 Å². The summed E-state index contributed by atoms with van der Waals surface area (Å²) in [7, 11) is 1.81. The molecule has 1 atom stereocenters. The lowest BCUT2D eigenvalue weighted by Gasteiger charge is -2.19. The van der Waals surface area contributed by atoms with E-state index < -0.39 is 11.7 Å². The normalized spacial score (nSPS) is 17.2. The predicted molar refractivity (Wildman–Crippen MR) is 135 cm³/mol. The van der Waals surface area contributed by atoms with E-state index >= 15 is 0 Å². The summed E-state index contributed by atoms with van der Waals surface area (Å²) in [6, 6.07) is 7.82. The summed E-state index contributed by atoms with van der Waals surface area (Å²) in [5, 5.41) is 9.57. The molecular formula is C22H38IN5O2. The van der Waals surface area contributed by atoms with Gasteiger partial charge in [0.25, 0.3) is 0 Å². The van der Waals surface area contributed by atoms with Gasteiger partial charge in [-0.2, -0.15) is 0 Å². The van der Waals surface area contributed by atoms with E-state index in [9.17, 15) is 4.79 Å². The molecule has 2 rings (SSSR count). The Morgan fingerprint density at radius 2 is 1.93 bits per heavy atom. The van der Waals surface area contributed by atoms with Crippen LogP contribution in [0.15, 0.2) is 29.3 Å². The Kier molecular flexibility index (Phi) is 11.5. The van der Waals surface area contributed by atoms with Gasteiger partial charge in [0.15, 0.2) is 5.96 Å². The van der Waals surface area contributed by atoms with Gasteiger partial charge in [-0.3, -0.25) is 10.3 Å². The average molecular weight is 531 g/mol. The Morgan fingerprint density at radius 1 is 1.23 bits per heavy atom. The first-order valence-electron chi connectivity index (χ1n) is 10.5. The highest BCUT2D eigenvalue weighted by Crippen LogP contribution is 2.15. The largest absolute Gasteiger partial charge is 0.444 e. The second-order valence-corrected chi connectivity index (χ2v) is 8.50. The van der Waals surface area contributed by atoms with Crippen LogP contribution in [-0.4, -0.2) is 62.3 Å². The van der Waals surface area contributed by atoms with E-state index in [2.05, 4.69) is 32.8 Å². The number of carbonyl (C=O) groups excluding carboxylic acids is 1. The highest BCUT2D eigenvalue weighted by atomic mass is 127. The van der Waals surface area contributed by atoms with Gasteiger partial charge in [-0.25, -0.2) is 4.79 Å². The molecule has 0 spiro atoms. The predicted octanol–water partition coefficient (Wildman–Crippen LogP) is 3.70. The van der Waals surface area contributed by atoms with Crippen molar-refractivity contribution >= 4 is 41.7 Å². The molecule has 1 unspecified atom stereocenters. The third kappa shape index (κ3) is 9.97. The van der Waals surface area contributed by atoms with Crippen LogP contribution in [0.3, 0.4) is 0 Å². The van der Waals surface area contributed by atoms with E-state index in [4.69, 9.17) is 4.74 Å². The van der Waals surface area contributed by atoms with Gasteiger partial charge in [0, 0.05) is 32.4 Å². The molecule has 1 aliphatic rings. The topological polar surface area (TPSA) is 78.0 Å². The average Bonchev–Trinajstić information content (AvgIpc) is 3.12. The highest BCUT2D eigenvalue weighted by molar-refractivity contribution is 14.0. The molecule has 1 heterocycles. The third-order valence-electron chi connectivity index (χ3n) is 4.90. The minimum atomic E-state index is -0.505. The van der Waals surface area contributed by atoms with E-state index in [0.717, 1.165) is 37.7 Å². The number of nitrogens with zero attached hydrogens (tertiary/aromatic N) is 2. The zero-order chi connectivity index (χ0) is 21.3. The molecule has 0 radical (unpaired) electrons. The van der Waals surface area contributed by atoms with Crippen LogP contribution in [-0.2, 0) is 11.2 Å². The summed E-state index contributed by atoms with van der Waals surface area (Å²) in [4.78, 5) is 18.6. The van der Waals surface area contributed by atoms with Gasteiger partial charge in [0.1, 0.15) is 5.60 Å². The van der Waals surface area contributed by atoms with Crippen LogP contribution >= 0.6 is 24.0 Å². The fraction of sp³-hybridized carbons (Fsp3) is 0.636. The molecule has 0 bridgehead atoms. The Balaban J connectivity index is 0.00000450. The number of ether oxygens (including phenoxy) is 1. The van der Waals surface area contributed by atoms with E-state index in [-0.39, 0.29) is 24.0 Å². The van der Waals surface area contributed by atoms with Crippen molar-refractivity contribution in [3.63, 3.8) is 0 Å². The molecular weight excluding hydrogens is 493 g/mol. The molecule has 0 saturated carbocycles. The van der Waals surface area contributed by atoms with Gasteiger partial charge in [0.2, 0.25) is 0 Å². The smallest absolute Gasteiger partial charge is 0.412 e. The quantitative estimate of drug-likeness (QED) is 0.284. The number of halogens is 1. The van der Waals surface area contributed by atoms with Gasteiger partial charge in [0.05, 0.1) is 0 Å². The van der Waals surface area contributed by atoms with Crippen molar-refractivity contribution in [2.75, 3.05) is 45.1 Å². The molecule has 1 amide bonds. The van der Waals surface area contributed by atoms with Gasteiger partial charge >= 0.3 is 6.09 Å². The molecule has 7 nitrogen and oxygen atoms in total. The molecule has 1 aliphatic heterocycles. The first-order chi connectivity index (χ1) is 13.8. The number of carbonyl (C=O) groups is 1. The Hall–Kier alpha value is -1.55. The number of hydrogen-bond acceptors (Lipinski definition) is 4. The summed E-state index contributed by atoms with van der Waals surface area (Å²) in [6.45, 7) is 13.0. The van der Waals surface area contributed by atoms with Crippen LogP contribution in [0.1, 0.15) is 39.7 Å². The van der Waals surface area contributed by atoms with Gasteiger partial charge < -0.3 is 20.3 Å². The first-order valence-corrected chi connectivity index (χ1v) is 10.5. The molecule has 0 aromatic heterocycles. The van der Waals surface area contributed by atoms with Crippen LogP contribution in [0.4, 0.5) is 10.5 Å². The van der Waals surface area contributed by atoms with Crippen molar-refractivity contribution < 1.29 is 9.53 Å². The number of benzene rings is 1. The zero-order valence-corrected chi connectivity index (χ0v) is 21.3. The fourth-order valence-electron chi connectivity index (χ4n) is 3.33. The molecule has 3 N–H and O–H groups in total. The molecule has 1 aromatic carbocycles. The standard InChI is InChI=1S/C22H37N5O2.HI/c1-6-27-14-12-18(16-27)15-25-20(23-5)24-13-11-17-7-9-19(10-8-17)26-21(28)29-22(2,3)4;/h7-10,18H,6,11-16H2,1-5H3,(H,26,28)(H2,23,24,25);1H. The molecule has 30 heavy (non-hydrogen) atoms. The minimum absolute atomic E-state index is 0. The van der Waals surface area contributed by atoms with Crippen molar-refractivity contribution in [3.8, 4) is 0 Å². The van der Waals surface area contributed by atoms with Crippen LogP contribution in [0.2, 0.25) is 0 Å².